The number of ether oxygens (including phenoxy) is 12. The monoisotopic (exact) mass is 1900 g/mol. The number of aliphatic hydroxyl groups excluding tert-OH is 13. The van der Waals surface area contributed by atoms with Crippen molar-refractivity contribution in [3.05, 3.63) is 64.2 Å². The zero-order valence-corrected chi connectivity index (χ0v) is 75.6. The van der Waals surface area contributed by atoms with E-state index in [2.05, 4.69) is 53.2 Å². The number of hydrogen-bond acceptors (Lipinski definition) is 37. The van der Waals surface area contributed by atoms with Crippen molar-refractivity contribution in [3.8, 4) is 0 Å². The minimum absolute atomic E-state index is 0.0190. The molecule has 5 fully saturated rings. The van der Waals surface area contributed by atoms with E-state index in [1.165, 1.54) is 50.2 Å². The minimum atomic E-state index is -1.60. The molecular formula is C85H133N11O37. The molecule has 4 unspecified atom stereocenters. The predicted molar refractivity (Wildman–Crippen MR) is 458 cm³/mol. The first-order valence-electron chi connectivity index (χ1n) is 44.1. The standard InChI is InChI=1S/C85H133N11O37/c1-8-84(6)42-96(43-85(84,7)44-101)64(108)12-11-62(106)95-56(79(121)91-37-63(107)94-54-34-52(77(119)88-15-19-123-22-26-127-81-46(3)68(110)70(112)58(39-98)131-81)33-53(35-54)78(120)89-16-20-125-24-28-129-83-66(93-48(5)103)74(116)72(114)60(41-100)133-83)9-10-61(105)90-36-55(104)31-49-29-50(75(117)86-13-17-122-21-25-126-80-45(2)67(109)69(111)57(38-97)130-80)32-51(30-49)76(118)87-14-18-124-23-27-128-82-65(92-47(4)102)73(115)71(113)59(40-99)132-82/h29-30,32-35,45-46,56-60,65-74,80-83,97-101,109-116H,8-28,31,36-44H2,1-7H3,(H,86,117)(H,87,118)(H,88,119)(H,89,120)(H,90,105)(H,91,121)(H,92,102)(H,93,103)(H,94,107)(H,95,106)/t45-,46-,56+,57-,58-,59-,60-,65-,66-,67-,68-,69+,70+,71+,72+,73-,74-,80?,81?,82?,83?,84+,85+/m1/s1. The van der Waals surface area contributed by atoms with Crippen LogP contribution in [0, 0.1) is 22.7 Å². The van der Waals surface area contributed by atoms with E-state index >= 15 is 0 Å². The summed E-state index contributed by atoms with van der Waals surface area (Å²) in [7, 11) is 0. The van der Waals surface area contributed by atoms with Crippen LogP contribution < -0.4 is 53.2 Å². The van der Waals surface area contributed by atoms with Gasteiger partial charge in [0.2, 0.25) is 41.4 Å². The first-order valence-corrected chi connectivity index (χ1v) is 44.1. The molecule has 133 heavy (non-hydrogen) atoms. The molecule has 5 saturated heterocycles. The zero-order valence-electron chi connectivity index (χ0n) is 75.6. The molecule has 23 atom stereocenters. The van der Waals surface area contributed by atoms with E-state index in [0.29, 0.717) is 6.42 Å². The SMILES string of the molecule is CC[C@@]1(C)CN(C(=O)CCC(=O)N[C@@H](CCC(=O)NCC(=O)Cc2cc(C(=O)NCCOCCOC3O[C@H](CO)[C@H](O)[C@H](O)[C@H]3C)cc(C(=O)NCCOCCOC3O[C@H](CO)[C@H](O)[C@H](O)[C@H]3NC(C)=O)c2)C(=O)NCC(=O)Nc2cc(C(=O)NCCOCCOC3O[C@H](CO)[C@H](O)[C@H](O)[C@H]3C)cc(C(=O)NCCOCCOC3O[C@H](CO)[C@H](O)[C@H](O)[C@H]3NC(C)=O)c2)C[C@@]1(C)CO. The Morgan fingerprint density at radius 3 is 1.18 bits per heavy atom. The maximum atomic E-state index is 14.3. The Labute approximate surface area is 767 Å². The largest absolute Gasteiger partial charge is 0.396 e. The topological polar surface area (TPSA) is 702 Å². The Morgan fingerprint density at radius 1 is 0.429 bits per heavy atom. The summed E-state index contributed by atoms with van der Waals surface area (Å²) in [5, 5.41) is 157. The lowest BCUT2D eigenvalue weighted by Crippen LogP contribution is -2.64. The van der Waals surface area contributed by atoms with E-state index in [9.17, 15) is 124 Å². The number of nitrogens with one attached hydrogen (secondary N) is 10. The van der Waals surface area contributed by atoms with Crippen LogP contribution in [-0.2, 0) is 102 Å². The quantitative estimate of drug-likeness (QED) is 0.0274. The first kappa shape index (κ1) is 111. The van der Waals surface area contributed by atoms with Gasteiger partial charge in [0, 0.05) is 124 Å². The second-order valence-electron chi connectivity index (χ2n) is 33.5. The van der Waals surface area contributed by atoms with Gasteiger partial charge in [-0.2, -0.15) is 0 Å². The van der Waals surface area contributed by atoms with Gasteiger partial charge >= 0.3 is 0 Å². The molecule has 48 heteroatoms. The summed E-state index contributed by atoms with van der Waals surface area (Å²) in [4.78, 5) is 164. The van der Waals surface area contributed by atoms with E-state index in [1.54, 1.807) is 18.7 Å². The van der Waals surface area contributed by atoms with Crippen molar-refractivity contribution in [1.29, 1.82) is 0 Å². The summed E-state index contributed by atoms with van der Waals surface area (Å²) < 4.78 is 67.4. The van der Waals surface area contributed by atoms with Gasteiger partial charge in [0.05, 0.1) is 138 Å². The van der Waals surface area contributed by atoms with Gasteiger partial charge in [-0.15, -0.1) is 0 Å². The normalized spacial score (nSPS) is 28.3. The molecule has 750 valence electrons. The van der Waals surface area contributed by atoms with Crippen LogP contribution in [0.15, 0.2) is 36.4 Å². The third kappa shape index (κ3) is 33.6. The van der Waals surface area contributed by atoms with Crippen molar-refractivity contribution in [2.45, 2.75) is 204 Å². The number of nitrogens with zero attached hydrogens (tertiary/aromatic N) is 1. The van der Waals surface area contributed by atoms with Crippen LogP contribution in [0.1, 0.15) is 128 Å². The summed E-state index contributed by atoms with van der Waals surface area (Å²) in [6.45, 7) is 5.87. The molecule has 2 aromatic rings. The third-order valence-electron chi connectivity index (χ3n) is 23.5. The van der Waals surface area contributed by atoms with Gasteiger partial charge in [-0.25, -0.2) is 0 Å². The van der Waals surface area contributed by atoms with Crippen LogP contribution in [0.3, 0.4) is 0 Å². The molecule has 48 nitrogen and oxygen atoms in total. The zero-order chi connectivity index (χ0) is 97.8. The molecule has 0 bridgehead atoms. The molecule has 0 radical (unpaired) electrons. The summed E-state index contributed by atoms with van der Waals surface area (Å²) >= 11 is 0. The number of rotatable bonds is 55. The number of carbonyl (C=O) groups excluding carboxylic acids is 12. The number of hydrogen-bond donors (Lipinski definition) is 23. The highest BCUT2D eigenvalue weighted by Crippen LogP contribution is 2.48. The van der Waals surface area contributed by atoms with Crippen molar-refractivity contribution in [1.82, 2.24) is 52.8 Å². The maximum Gasteiger partial charge on any atom is 0.251 e. The molecule has 2 aromatic carbocycles. The second kappa shape index (κ2) is 55.5. The Kier molecular flexibility index (Phi) is 46.4. The smallest absolute Gasteiger partial charge is 0.251 e. The minimum Gasteiger partial charge on any atom is -0.396 e. The molecule has 0 aromatic heterocycles. The molecule has 7 rings (SSSR count). The fraction of sp³-hybridized carbons (Fsp3) is 0.718. The number of carbonyl (C=O) groups is 12. The lowest BCUT2D eigenvalue weighted by Gasteiger charge is -2.42. The highest BCUT2D eigenvalue weighted by atomic mass is 16.7. The molecule has 5 heterocycles. The summed E-state index contributed by atoms with van der Waals surface area (Å²) in [6, 6.07) is 3.49. The highest BCUT2D eigenvalue weighted by Gasteiger charge is 2.53. The van der Waals surface area contributed by atoms with Crippen molar-refractivity contribution >= 4 is 76.4 Å². The van der Waals surface area contributed by atoms with Crippen LogP contribution in [0.2, 0.25) is 0 Å². The predicted octanol–water partition coefficient (Wildman–Crippen LogP) is -8.94. The number of ketones is 1. The summed E-state index contributed by atoms with van der Waals surface area (Å²) in [5.74, 6) is -10.2. The summed E-state index contributed by atoms with van der Waals surface area (Å²) in [6.07, 6.45) is -22.3. The van der Waals surface area contributed by atoms with Crippen LogP contribution in [-0.4, -0.2) is 423 Å². The molecule has 11 amide bonds. The Bertz CT molecular complexity index is 4090. The molecule has 5 aliphatic heterocycles. The van der Waals surface area contributed by atoms with Gasteiger partial charge < -0.3 is 181 Å². The lowest BCUT2D eigenvalue weighted by molar-refractivity contribution is -0.284. The third-order valence-corrected chi connectivity index (χ3v) is 23.5. The van der Waals surface area contributed by atoms with Crippen molar-refractivity contribution < 1.29 is 181 Å². The van der Waals surface area contributed by atoms with Gasteiger partial charge in [0.15, 0.2) is 30.9 Å². The van der Waals surface area contributed by atoms with Crippen LogP contribution in [0.5, 0.6) is 0 Å². The molecule has 0 spiro atoms. The van der Waals surface area contributed by atoms with E-state index in [0.717, 1.165) is 0 Å². The van der Waals surface area contributed by atoms with Gasteiger partial charge in [-0.3, -0.25) is 57.5 Å². The van der Waals surface area contributed by atoms with Gasteiger partial charge in [-0.05, 0) is 60.2 Å². The van der Waals surface area contributed by atoms with Crippen LogP contribution >= 0.6 is 0 Å². The molecular weight excluding hydrogens is 1770 g/mol. The van der Waals surface area contributed by atoms with E-state index in [4.69, 9.17) is 56.8 Å². The Hall–Kier alpha value is -8.72. The average molecular weight is 1900 g/mol. The van der Waals surface area contributed by atoms with Crippen LogP contribution in [0.4, 0.5) is 5.69 Å². The summed E-state index contributed by atoms with van der Waals surface area (Å²) in [5.41, 5.74) is -1.68. The Morgan fingerprint density at radius 2 is 0.805 bits per heavy atom. The van der Waals surface area contributed by atoms with Gasteiger partial charge in [0.1, 0.15) is 79.2 Å². The van der Waals surface area contributed by atoms with Gasteiger partial charge in [-0.1, -0.05) is 34.6 Å². The van der Waals surface area contributed by atoms with E-state index in [-0.39, 0.29) is 165 Å². The van der Waals surface area contributed by atoms with Crippen molar-refractivity contribution in [2.75, 3.05) is 170 Å². The number of likely N-dealkylation sites (tertiary alicyclic amines) is 1. The maximum absolute atomic E-state index is 14.3. The van der Waals surface area contributed by atoms with Gasteiger partial charge in [0.25, 0.3) is 23.6 Å². The number of amides is 11. The number of Topliss-reactive ketones (excluding diaryl/α,β-unsaturated/α-hetero) is 1. The van der Waals surface area contributed by atoms with Crippen molar-refractivity contribution in [2.24, 2.45) is 22.7 Å². The fourth-order valence-corrected chi connectivity index (χ4v) is 15.2. The Balaban J connectivity index is 0.996. The van der Waals surface area contributed by atoms with E-state index in [1.807, 2.05) is 20.8 Å². The van der Waals surface area contributed by atoms with E-state index < -0.39 is 275 Å². The molecule has 0 aliphatic carbocycles. The first-order chi connectivity index (χ1) is 63.3. The number of anilines is 1. The fourth-order valence-electron chi connectivity index (χ4n) is 15.2. The van der Waals surface area contributed by atoms with Crippen molar-refractivity contribution in [3.63, 3.8) is 0 Å². The molecule has 5 aliphatic rings. The number of benzene rings is 2. The molecule has 0 saturated carbocycles. The second-order valence-corrected chi connectivity index (χ2v) is 33.5. The molecule has 23 N–H and O–H groups in total. The lowest BCUT2D eigenvalue weighted by atomic mass is 9.67. The average Bonchev–Trinajstić information content (AvgIpc) is 1.62. The number of aliphatic hydroxyl groups is 13. The van der Waals surface area contributed by atoms with Crippen LogP contribution in [0.25, 0.3) is 0 Å². The highest BCUT2D eigenvalue weighted by molar-refractivity contribution is 6.04.